The molecular formula is C4H8N2Na2S4. The maximum atomic E-state index is 5.23. The van der Waals surface area contributed by atoms with Crippen molar-refractivity contribution in [2.24, 2.45) is 11.5 Å². The molecule has 0 aromatic carbocycles. The number of hydrogen-bond donors (Lipinski definition) is 2. The van der Waals surface area contributed by atoms with E-state index in [-0.39, 0.29) is 59.1 Å². The van der Waals surface area contributed by atoms with Crippen LogP contribution in [0, 0.1) is 0 Å². The van der Waals surface area contributed by atoms with Crippen LogP contribution in [0.25, 0.3) is 0 Å². The quantitative estimate of drug-likeness (QED) is 0.428. The van der Waals surface area contributed by atoms with Gasteiger partial charge in [-0.1, -0.05) is 48.0 Å². The van der Waals surface area contributed by atoms with E-state index in [1.807, 2.05) is 0 Å². The Balaban J connectivity index is -0.000000405. The van der Waals surface area contributed by atoms with E-state index < -0.39 is 0 Å². The van der Waals surface area contributed by atoms with Gasteiger partial charge in [0.15, 0.2) is 0 Å². The van der Waals surface area contributed by atoms with Gasteiger partial charge in [0.05, 0.1) is 0 Å². The van der Waals surface area contributed by atoms with Gasteiger partial charge < -0.3 is 11.5 Å². The van der Waals surface area contributed by atoms with Crippen molar-refractivity contribution in [1.29, 1.82) is 0 Å². The van der Waals surface area contributed by atoms with E-state index in [2.05, 4.69) is 24.4 Å². The van der Waals surface area contributed by atoms with Crippen LogP contribution in [0.1, 0.15) is 0 Å². The number of rotatable bonds is 3. The number of hydrogen-bond acceptors (Lipinski definition) is 4. The van der Waals surface area contributed by atoms with Gasteiger partial charge in [-0.2, -0.15) is 0 Å². The third-order valence-corrected chi connectivity index (χ3v) is 2.92. The van der Waals surface area contributed by atoms with Crippen molar-refractivity contribution in [3.8, 4) is 0 Å². The van der Waals surface area contributed by atoms with Crippen molar-refractivity contribution in [2.45, 2.75) is 0 Å². The zero-order chi connectivity index (χ0) is 7.98. The van der Waals surface area contributed by atoms with Gasteiger partial charge in [-0.15, -0.1) is 0 Å². The molecule has 12 heavy (non-hydrogen) atoms. The summed E-state index contributed by atoms with van der Waals surface area (Å²) < 4.78 is 0.951. The molecule has 2 radical (unpaired) electrons. The van der Waals surface area contributed by atoms with Crippen molar-refractivity contribution in [3.05, 3.63) is 0 Å². The van der Waals surface area contributed by atoms with Gasteiger partial charge in [-0.25, -0.2) is 0 Å². The predicted octanol–water partition coefficient (Wildman–Crippen LogP) is 0.178. The van der Waals surface area contributed by atoms with Gasteiger partial charge in [0.2, 0.25) is 0 Å². The Kier molecular flexibility index (Phi) is 22.4. The molecule has 4 N–H and O–H groups in total. The first-order valence-corrected chi connectivity index (χ1v) is 5.26. The van der Waals surface area contributed by atoms with Crippen LogP contribution in [-0.4, -0.2) is 79.3 Å². The third-order valence-electron chi connectivity index (χ3n) is 0.572. The molecule has 60 valence electrons. The maximum absolute atomic E-state index is 5.23. The summed E-state index contributed by atoms with van der Waals surface area (Å²) in [6.45, 7) is 0. The molecular weight excluding hydrogens is 250 g/mol. The summed E-state index contributed by atoms with van der Waals surface area (Å²) in [5, 5.41) is 0. The molecule has 0 fully saturated rings. The van der Waals surface area contributed by atoms with E-state index >= 15 is 0 Å². The molecule has 0 aliphatic rings. The van der Waals surface area contributed by atoms with Crippen LogP contribution in [0.5, 0.6) is 0 Å². The molecule has 2 nitrogen and oxygen atoms in total. The Bertz CT molecular complexity index is 127. The Labute approximate surface area is 136 Å². The van der Waals surface area contributed by atoms with E-state index in [9.17, 15) is 0 Å². The Morgan fingerprint density at radius 1 is 0.917 bits per heavy atom. The van der Waals surface area contributed by atoms with Gasteiger partial charge in [-0.3, -0.25) is 0 Å². The van der Waals surface area contributed by atoms with Crippen LogP contribution in [0.4, 0.5) is 0 Å². The summed E-state index contributed by atoms with van der Waals surface area (Å²) in [4.78, 5) is 0. The summed E-state index contributed by atoms with van der Waals surface area (Å²) >= 11 is 12.2. The first-order chi connectivity index (χ1) is 4.63. The van der Waals surface area contributed by atoms with Gasteiger partial charge >= 0.3 is 0 Å². The molecule has 0 heterocycles. The van der Waals surface area contributed by atoms with Crippen LogP contribution in [-0.2, 0) is 0 Å². The van der Waals surface area contributed by atoms with Crippen molar-refractivity contribution in [2.75, 3.05) is 11.5 Å². The van der Waals surface area contributed by atoms with E-state index in [0.29, 0.717) is 8.64 Å². The fourth-order valence-electron chi connectivity index (χ4n) is 0.285. The Morgan fingerprint density at radius 3 is 1.33 bits per heavy atom. The first-order valence-electron chi connectivity index (χ1n) is 2.47. The minimum atomic E-state index is 0. The minimum Gasteiger partial charge on any atom is -0.385 e. The standard InChI is InChI=1S/C4H8N2S4.2Na/c5-3(7)9-1-2-10-4(6)8;;/h1-2H2,(H2,5,7)(H2,6,8);;. The largest absolute Gasteiger partial charge is 0.385 e. The fourth-order valence-corrected chi connectivity index (χ4v) is 1.85. The molecule has 0 saturated heterocycles. The van der Waals surface area contributed by atoms with Crippen LogP contribution >= 0.6 is 48.0 Å². The SMILES string of the molecule is NC(=S)SCCSC(N)=S.[Na].[Na]. The fraction of sp³-hybridized carbons (Fsp3) is 0.500. The summed E-state index contributed by atoms with van der Waals surface area (Å²) in [5.74, 6) is 1.74. The second-order valence-corrected chi connectivity index (χ2v) is 5.00. The summed E-state index contributed by atoms with van der Waals surface area (Å²) in [7, 11) is 0. The molecule has 8 heteroatoms. The average Bonchev–Trinajstić information content (AvgIpc) is 1.79. The Morgan fingerprint density at radius 2 is 1.17 bits per heavy atom. The summed E-state index contributed by atoms with van der Waals surface area (Å²) in [6, 6.07) is 0. The zero-order valence-corrected chi connectivity index (χ0v) is 14.5. The molecule has 0 atom stereocenters. The van der Waals surface area contributed by atoms with Crippen molar-refractivity contribution >= 4 is 116 Å². The molecule has 0 amide bonds. The second-order valence-electron chi connectivity index (χ2n) is 1.33. The number of thiocarbonyl (C=S) groups is 2. The van der Waals surface area contributed by atoms with Crippen LogP contribution in [0.15, 0.2) is 0 Å². The molecule has 0 saturated carbocycles. The molecule has 0 spiro atoms. The van der Waals surface area contributed by atoms with E-state index in [1.165, 1.54) is 23.5 Å². The normalized spacial score (nSPS) is 7.67. The predicted molar refractivity (Wildman–Crippen MR) is 70.0 cm³/mol. The van der Waals surface area contributed by atoms with Crippen LogP contribution in [0.3, 0.4) is 0 Å². The zero-order valence-electron chi connectivity index (χ0n) is 7.20. The Hall–Kier alpha value is 2.48. The molecule has 0 aliphatic heterocycles. The van der Waals surface area contributed by atoms with Gasteiger partial charge in [0.1, 0.15) is 8.64 Å². The number of nitrogens with two attached hydrogens (primary N) is 2. The van der Waals surface area contributed by atoms with E-state index in [0.717, 1.165) is 11.5 Å². The number of thioether (sulfide) groups is 2. The van der Waals surface area contributed by atoms with Crippen LogP contribution < -0.4 is 11.5 Å². The van der Waals surface area contributed by atoms with E-state index in [1.54, 1.807) is 0 Å². The van der Waals surface area contributed by atoms with Crippen LogP contribution in [0.2, 0.25) is 0 Å². The van der Waals surface area contributed by atoms with E-state index in [4.69, 9.17) is 11.5 Å². The molecule has 0 aromatic heterocycles. The first kappa shape index (κ1) is 20.0. The van der Waals surface area contributed by atoms with Gasteiger partial charge in [-0.05, 0) is 0 Å². The molecule has 0 rings (SSSR count). The van der Waals surface area contributed by atoms with Crippen molar-refractivity contribution in [1.82, 2.24) is 0 Å². The molecule has 0 aliphatic carbocycles. The topological polar surface area (TPSA) is 52.0 Å². The summed E-state index contributed by atoms with van der Waals surface area (Å²) in [5.41, 5.74) is 10.5. The van der Waals surface area contributed by atoms with Crippen molar-refractivity contribution < 1.29 is 0 Å². The van der Waals surface area contributed by atoms with Gasteiger partial charge in [0.25, 0.3) is 0 Å². The molecule has 0 aromatic rings. The van der Waals surface area contributed by atoms with Gasteiger partial charge in [0, 0.05) is 70.6 Å². The second kappa shape index (κ2) is 13.5. The molecule has 0 bridgehead atoms. The minimum absolute atomic E-state index is 0. The van der Waals surface area contributed by atoms with Crippen molar-refractivity contribution in [3.63, 3.8) is 0 Å². The average molecular weight is 258 g/mol. The molecule has 0 unspecified atom stereocenters. The summed E-state index contributed by atoms with van der Waals surface area (Å²) in [6.07, 6.45) is 0. The smallest absolute Gasteiger partial charge is 0.131 e. The maximum Gasteiger partial charge on any atom is 0.131 e. The third kappa shape index (κ3) is 18.3. The monoisotopic (exact) mass is 258 g/mol.